The van der Waals surface area contributed by atoms with Gasteiger partial charge in [-0.2, -0.15) is 0 Å². The fourth-order valence-corrected chi connectivity index (χ4v) is 0. The summed E-state index contributed by atoms with van der Waals surface area (Å²) in [5.74, 6) is 14.1. The van der Waals surface area contributed by atoms with Crippen LogP contribution in [0.5, 0.6) is 0 Å². The molecule has 0 atom stereocenters. The molecule has 7 heavy (non-hydrogen) atoms. The SMILES string of the molecule is [CH3][Ni]([CH3])([CH3])([CH3])([CH3])[CH3]. The van der Waals surface area contributed by atoms with E-state index in [1.165, 1.54) is 0 Å². The van der Waals surface area contributed by atoms with Crippen LogP contribution in [0.4, 0.5) is 0 Å². The molecule has 0 aliphatic heterocycles. The van der Waals surface area contributed by atoms with Gasteiger partial charge in [0.15, 0.2) is 0 Å². The molecular formula is C6H18Ni. The maximum absolute atomic E-state index is 2.35. The Bertz CT molecular complexity index is 62.7. The second-order valence-corrected chi connectivity index (χ2v) is 19.6. The average Bonchev–Trinajstić information content (AvgIpc) is 0.592. The fourth-order valence-electron chi connectivity index (χ4n) is 0. The molecule has 0 fully saturated rings. The van der Waals surface area contributed by atoms with Gasteiger partial charge in [0.2, 0.25) is 0 Å². The van der Waals surface area contributed by atoms with Gasteiger partial charge in [-0.1, -0.05) is 0 Å². The molecule has 0 amide bonds. The summed E-state index contributed by atoms with van der Waals surface area (Å²) in [5, 5.41) is 0. The van der Waals surface area contributed by atoms with Gasteiger partial charge in [0, 0.05) is 0 Å². The minimum atomic E-state index is -1.54. The Morgan fingerprint density at radius 1 is 0.571 bits per heavy atom. The summed E-state index contributed by atoms with van der Waals surface area (Å²) in [6, 6.07) is 0. The van der Waals surface area contributed by atoms with Crippen molar-refractivity contribution in [1.29, 1.82) is 0 Å². The van der Waals surface area contributed by atoms with Crippen molar-refractivity contribution >= 4 is 0 Å². The molecule has 0 bridgehead atoms. The molecule has 0 aromatic heterocycles. The van der Waals surface area contributed by atoms with Gasteiger partial charge in [0.05, 0.1) is 0 Å². The van der Waals surface area contributed by atoms with Crippen LogP contribution in [0.25, 0.3) is 0 Å². The molecule has 0 aromatic carbocycles. The summed E-state index contributed by atoms with van der Waals surface area (Å²) in [6.45, 7) is 0. The molecule has 0 aliphatic carbocycles. The molecule has 0 rings (SSSR count). The predicted octanol–water partition coefficient (Wildman–Crippen LogP) is 3.50. The summed E-state index contributed by atoms with van der Waals surface area (Å²) in [4.78, 5) is 0. The Morgan fingerprint density at radius 3 is 0.571 bits per heavy atom. The molecule has 0 heterocycles. The summed E-state index contributed by atoms with van der Waals surface area (Å²) >= 11 is 0. The summed E-state index contributed by atoms with van der Waals surface area (Å²) in [5.41, 5.74) is 0. The fraction of sp³-hybridized carbons (Fsp3) is 1.00. The van der Waals surface area contributed by atoms with Crippen LogP contribution >= 0.6 is 0 Å². The standard InChI is InChI=1S/6CH3.Ni/h6*1H3;. The Kier molecular flexibility index (Phi) is 0.874. The Labute approximate surface area is 46.3 Å². The van der Waals surface area contributed by atoms with Crippen LogP contribution in [0.2, 0.25) is 35.4 Å². The van der Waals surface area contributed by atoms with Crippen molar-refractivity contribution < 1.29 is 10.3 Å². The van der Waals surface area contributed by atoms with Crippen LogP contribution in [-0.2, 0) is 10.3 Å². The van der Waals surface area contributed by atoms with Gasteiger partial charge in [0.25, 0.3) is 0 Å². The Balaban J connectivity index is 4.43. The first kappa shape index (κ1) is 7.49. The maximum atomic E-state index is 2.35. The second kappa shape index (κ2) is 0.816. The summed E-state index contributed by atoms with van der Waals surface area (Å²) < 4.78 is 0. The third-order valence-corrected chi connectivity index (χ3v) is 0. The van der Waals surface area contributed by atoms with Crippen LogP contribution in [0.15, 0.2) is 0 Å². The van der Waals surface area contributed by atoms with E-state index in [0.717, 1.165) is 0 Å². The molecule has 0 saturated heterocycles. The van der Waals surface area contributed by atoms with E-state index in [2.05, 4.69) is 35.4 Å². The van der Waals surface area contributed by atoms with Crippen LogP contribution in [0.1, 0.15) is 0 Å². The van der Waals surface area contributed by atoms with Crippen LogP contribution in [-0.4, -0.2) is 0 Å². The third kappa shape index (κ3) is 538. The Hall–Kier alpha value is 0.494. The number of rotatable bonds is 0. The van der Waals surface area contributed by atoms with E-state index in [4.69, 9.17) is 0 Å². The number of hydrogen-bond acceptors (Lipinski definition) is 0. The summed E-state index contributed by atoms with van der Waals surface area (Å²) in [6.07, 6.45) is 0. The zero-order valence-electron chi connectivity index (χ0n) is 6.32. The molecule has 1 heteroatoms. The van der Waals surface area contributed by atoms with Crippen molar-refractivity contribution in [2.45, 2.75) is 35.4 Å². The van der Waals surface area contributed by atoms with Crippen LogP contribution in [0, 0.1) is 0 Å². The van der Waals surface area contributed by atoms with Gasteiger partial charge < -0.3 is 0 Å². The molecule has 0 aliphatic rings. The van der Waals surface area contributed by atoms with Crippen molar-refractivity contribution in [1.82, 2.24) is 0 Å². The zero-order chi connectivity index (χ0) is 6.41. The van der Waals surface area contributed by atoms with E-state index in [0.29, 0.717) is 0 Å². The third-order valence-electron chi connectivity index (χ3n) is 0. The average molecular weight is 149 g/mol. The van der Waals surface area contributed by atoms with Crippen LogP contribution < -0.4 is 0 Å². The van der Waals surface area contributed by atoms with Crippen LogP contribution in [0.3, 0.4) is 0 Å². The van der Waals surface area contributed by atoms with Gasteiger partial charge in [0.1, 0.15) is 0 Å². The molecule has 0 aromatic rings. The minimum absolute atomic E-state index is 1.54. The quantitative estimate of drug-likeness (QED) is 0.462. The van der Waals surface area contributed by atoms with Gasteiger partial charge in [-0.15, -0.1) is 0 Å². The van der Waals surface area contributed by atoms with E-state index in [9.17, 15) is 0 Å². The van der Waals surface area contributed by atoms with Crippen molar-refractivity contribution in [2.24, 2.45) is 0 Å². The van der Waals surface area contributed by atoms with E-state index in [1.807, 2.05) is 0 Å². The number of hydrogen-bond donors (Lipinski definition) is 0. The van der Waals surface area contributed by atoms with E-state index >= 15 is 0 Å². The molecule has 0 radical (unpaired) electrons. The van der Waals surface area contributed by atoms with E-state index in [-0.39, 0.29) is 0 Å². The molecule has 0 N–H and O–H groups in total. The van der Waals surface area contributed by atoms with Gasteiger partial charge in [-0.25, -0.2) is 0 Å². The summed E-state index contributed by atoms with van der Waals surface area (Å²) in [7, 11) is -1.54. The predicted molar refractivity (Wildman–Crippen MR) is 35.2 cm³/mol. The zero-order valence-corrected chi connectivity index (χ0v) is 7.30. The topological polar surface area (TPSA) is 0 Å². The van der Waals surface area contributed by atoms with Gasteiger partial charge >= 0.3 is 45.7 Å². The monoisotopic (exact) mass is 148 g/mol. The molecule has 0 nitrogen and oxygen atoms in total. The van der Waals surface area contributed by atoms with Crippen molar-refractivity contribution in [2.75, 3.05) is 0 Å². The first-order chi connectivity index (χ1) is 2.45. The molecule has 52 valence electrons. The van der Waals surface area contributed by atoms with E-state index < -0.39 is 10.3 Å². The van der Waals surface area contributed by atoms with Crippen molar-refractivity contribution in [3.63, 3.8) is 0 Å². The van der Waals surface area contributed by atoms with Gasteiger partial charge in [-0.3, -0.25) is 0 Å². The van der Waals surface area contributed by atoms with Crippen molar-refractivity contribution in [3.8, 4) is 0 Å². The van der Waals surface area contributed by atoms with Gasteiger partial charge in [-0.05, 0) is 0 Å². The molecule has 0 saturated carbocycles. The van der Waals surface area contributed by atoms with Crippen molar-refractivity contribution in [3.05, 3.63) is 0 Å². The first-order valence-corrected chi connectivity index (χ1v) is 7.82. The molecule has 0 unspecified atom stereocenters. The molecule has 0 spiro atoms. The van der Waals surface area contributed by atoms with E-state index in [1.54, 1.807) is 0 Å². The normalized spacial score (nSPS) is 23.1. The Morgan fingerprint density at radius 2 is 0.571 bits per heavy atom. The molecular weight excluding hydrogens is 131 g/mol. The first-order valence-electron chi connectivity index (χ1n) is 1.90. The second-order valence-electron chi connectivity index (χ2n) is 4.74.